The molecule has 4 aromatic rings. The number of hydrogen-bond donors (Lipinski definition) is 0. The minimum Gasteiger partial charge on any atom is -0.419 e. The third-order valence-electron chi connectivity index (χ3n) is 4.11. The fourth-order valence-electron chi connectivity index (χ4n) is 2.75. The number of rotatable bonds is 5. The van der Waals surface area contributed by atoms with E-state index in [-0.39, 0.29) is 5.25 Å². The van der Waals surface area contributed by atoms with Crippen LogP contribution in [0.1, 0.15) is 29.2 Å². The maximum absolute atomic E-state index is 5.84. The zero-order valence-electron chi connectivity index (χ0n) is 15.2. The van der Waals surface area contributed by atoms with E-state index in [1.165, 1.54) is 17.3 Å². The molecule has 0 N–H and O–H groups in total. The van der Waals surface area contributed by atoms with Gasteiger partial charge in [-0.3, -0.25) is 0 Å². The lowest BCUT2D eigenvalue weighted by molar-refractivity contribution is 0.508. The summed E-state index contributed by atoms with van der Waals surface area (Å²) >= 11 is 1.48. The van der Waals surface area contributed by atoms with E-state index in [1.807, 2.05) is 56.3 Å². The Bertz CT molecular complexity index is 1060. The maximum atomic E-state index is 5.84. The molecule has 2 aromatic carbocycles. The Labute approximate surface area is 160 Å². The zero-order valence-corrected chi connectivity index (χ0v) is 16.0. The number of tetrazole rings is 1. The average molecular weight is 378 g/mol. The van der Waals surface area contributed by atoms with Crippen LogP contribution in [0.15, 0.2) is 58.1 Å². The summed E-state index contributed by atoms with van der Waals surface area (Å²) in [7, 11) is 0. The van der Waals surface area contributed by atoms with E-state index < -0.39 is 0 Å². The van der Waals surface area contributed by atoms with Crippen LogP contribution in [0, 0.1) is 13.8 Å². The molecular formula is C19H18N6OS. The molecule has 1 atom stereocenters. The highest BCUT2D eigenvalue weighted by atomic mass is 32.2. The fraction of sp³-hybridized carbons (Fsp3) is 0.211. The molecule has 136 valence electrons. The largest absolute Gasteiger partial charge is 0.419 e. The van der Waals surface area contributed by atoms with Crippen molar-refractivity contribution in [3.8, 4) is 17.1 Å². The smallest absolute Gasteiger partial charge is 0.247 e. The first-order valence-electron chi connectivity index (χ1n) is 8.53. The minimum absolute atomic E-state index is 0.0922. The van der Waals surface area contributed by atoms with Gasteiger partial charge < -0.3 is 4.42 Å². The second-order valence-electron chi connectivity index (χ2n) is 6.23. The molecule has 4 rings (SSSR count). The highest BCUT2D eigenvalue weighted by molar-refractivity contribution is 7.99. The topological polar surface area (TPSA) is 82.5 Å². The summed E-state index contributed by atoms with van der Waals surface area (Å²) in [6.07, 6.45) is 0. The van der Waals surface area contributed by atoms with Crippen molar-refractivity contribution in [2.75, 3.05) is 0 Å². The molecule has 2 aromatic heterocycles. The first-order valence-corrected chi connectivity index (χ1v) is 9.41. The highest BCUT2D eigenvalue weighted by Crippen LogP contribution is 2.34. The second kappa shape index (κ2) is 7.32. The molecule has 0 bridgehead atoms. The van der Waals surface area contributed by atoms with E-state index in [9.17, 15) is 0 Å². The van der Waals surface area contributed by atoms with Crippen LogP contribution in [0.4, 0.5) is 0 Å². The number of aryl methyl sites for hydroxylation is 2. The van der Waals surface area contributed by atoms with E-state index in [2.05, 4.69) is 38.7 Å². The molecule has 0 aliphatic heterocycles. The van der Waals surface area contributed by atoms with Gasteiger partial charge in [-0.1, -0.05) is 47.7 Å². The zero-order chi connectivity index (χ0) is 18.8. The van der Waals surface area contributed by atoms with Crippen molar-refractivity contribution in [1.29, 1.82) is 0 Å². The number of thioether (sulfide) groups is 1. The highest BCUT2D eigenvalue weighted by Gasteiger charge is 2.20. The monoisotopic (exact) mass is 378 g/mol. The Morgan fingerprint density at radius 3 is 2.59 bits per heavy atom. The number of nitrogens with zero attached hydrogens (tertiary/aromatic N) is 6. The summed E-state index contributed by atoms with van der Waals surface area (Å²) in [6.45, 7) is 6.11. The predicted octanol–water partition coefficient (Wildman–Crippen LogP) is 4.18. The number of aromatic nitrogens is 6. The maximum Gasteiger partial charge on any atom is 0.247 e. The molecule has 8 heteroatoms. The number of benzene rings is 2. The normalized spacial score (nSPS) is 12.3. The molecular weight excluding hydrogens is 360 g/mol. The summed E-state index contributed by atoms with van der Waals surface area (Å²) in [5, 5.41) is 21.1. The van der Waals surface area contributed by atoms with Crippen LogP contribution in [0.25, 0.3) is 17.1 Å². The molecule has 27 heavy (non-hydrogen) atoms. The fourth-order valence-corrected chi connectivity index (χ4v) is 3.58. The Hall–Kier alpha value is -3.00. The quantitative estimate of drug-likeness (QED) is 0.482. The molecule has 2 heterocycles. The molecule has 0 unspecified atom stereocenters. The van der Waals surface area contributed by atoms with Crippen molar-refractivity contribution in [3.05, 3.63) is 65.5 Å². The van der Waals surface area contributed by atoms with Crippen molar-refractivity contribution in [2.24, 2.45) is 0 Å². The summed E-state index contributed by atoms with van der Waals surface area (Å²) in [6, 6.07) is 15.9. The minimum atomic E-state index is -0.0922. The number of hydrogen-bond acceptors (Lipinski definition) is 7. The molecule has 0 saturated heterocycles. The van der Waals surface area contributed by atoms with Crippen LogP contribution in [-0.2, 0) is 0 Å². The third-order valence-corrected chi connectivity index (χ3v) is 5.13. The standard InChI is InChI=1S/C19H18N6OS/c1-12-9-10-16(13(2)11-12)25-19(22-23-24-25)27-14(3)17-20-21-18(26-17)15-7-5-4-6-8-15/h4-11,14H,1-3H3/t14-/m0/s1. The Morgan fingerprint density at radius 1 is 1.00 bits per heavy atom. The summed E-state index contributed by atoms with van der Waals surface area (Å²) < 4.78 is 7.58. The van der Waals surface area contributed by atoms with E-state index >= 15 is 0 Å². The van der Waals surface area contributed by atoms with Crippen LogP contribution in [0.5, 0.6) is 0 Å². The van der Waals surface area contributed by atoms with Gasteiger partial charge in [0.25, 0.3) is 0 Å². The van der Waals surface area contributed by atoms with Gasteiger partial charge in [0, 0.05) is 5.56 Å². The van der Waals surface area contributed by atoms with E-state index in [0.29, 0.717) is 16.9 Å². The second-order valence-corrected chi connectivity index (χ2v) is 7.54. The average Bonchev–Trinajstić information content (AvgIpc) is 3.32. The van der Waals surface area contributed by atoms with Crippen molar-refractivity contribution in [3.63, 3.8) is 0 Å². The van der Waals surface area contributed by atoms with Gasteiger partial charge in [0.2, 0.25) is 16.9 Å². The first kappa shape index (κ1) is 17.4. The molecule has 0 saturated carbocycles. The van der Waals surface area contributed by atoms with Crippen LogP contribution < -0.4 is 0 Å². The lowest BCUT2D eigenvalue weighted by atomic mass is 10.1. The first-order chi connectivity index (χ1) is 13.1. The third kappa shape index (κ3) is 3.61. The predicted molar refractivity (Wildman–Crippen MR) is 103 cm³/mol. The van der Waals surface area contributed by atoms with Gasteiger partial charge in [0.1, 0.15) is 0 Å². The van der Waals surface area contributed by atoms with Gasteiger partial charge >= 0.3 is 0 Å². The van der Waals surface area contributed by atoms with E-state index in [4.69, 9.17) is 4.42 Å². The molecule has 0 fully saturated rings. The van der Waals surface area contributed by atoms with Gasteiger partial charge in [-0.15, -0.1) is 15.3 Å². The lowest BCUT2D eigenvalue weighted by Crippen LogP contribution is -2.02. The van der Waals surface area contributed by atoms with Crippen LogP contribution >= 0.6 is 11.8 Å². The molecule has 0 aliphatic carbocycles. The van der Waals surface area contributed by atoms with E-state index in [1.54, 1.807) is 4.68 Å². The Kier molecular flexibility index (Phi) is 4.72. The van der Waals surface area contributed by atoms with Gasteiger partial charge in [-0.25, -0.2) is 0 Å². The Balaban J connectivity index is 1.57. The van der Waals surface area contributed by atoms with Crippen molar-refractivity contribution < 1.29 is 4.42 Å². The van der Waals surface area contributed by atoms with Gasteiger partial charge in [-0.05, 0) is 55.0 Å². The molecule has 0 radical (unpaired) electrons. The lowest BCUT2D eigenvalue weighted by Gasteiger charge is -2.10. The molecule has 0 amide bonds. The van der Waals surface area contributed by atoms with Crippen molar-refractivity contribution in [2.45, 2.75) is 31.2 Å². The van der Waals surface area contributed by atoms with Crippen molar-refractivity contribution in [1.82, 2.24) is 30.4 Å². The van der Waals surface area contributed by atoms with Crippen molar-refractivity contribution >= 4 is 11.8 Å². The molecule has 0 spiro atoms. The molecule has 7 nitrogen and oxygen atoms in total. The van der Waals surface area contributed by atoms with Gasteiger partial charge in [-0.2, -0.15) is 4.68 Å². The van der Waals surface area contributed by atoms with Crippen LogP contribution in [-0.4, -0.2) is 30.4 Å². The summed E-state index contributed by atoms with van der Waals surface area (Å²) in [4.78, 5) is 0. The van der Waals surface area contributed by atoms with Gasteiger partial charge in [0.15, 0.2) is 0 Å². The van der Waals surface area contributed by atoms with Crippen LogP contribution in [0.2, 0.25) is 0 Å². The van der Waals surface area contributed by atoms with Crippen LogP contribution in [0.3, 0.4) is 0 Å². The molecule has 0 aliphatic rings. The van der Waals surface area contributed by atoms with Gasteiger partial charge in [0.05, 0.1) is 10.9 Å². The Morgan fingerprint density at radius 2 is 1.81 bits per heavy atom. The summed E-state index contributed by atoms with van der Waals surface area (Å²) in [5.74, 6) is 1.04. The summed E-state index contributed by atoms with van der Waals surface area (Å²) in [5.41, 5.74) is 4.16. The SMILES string of the molecule is Cc1ccc(-n2nnnc2S[C@@H](C)c2nnc(-c3ccccc3)o2)c(C)c1. The van der Waals surface area contributed by atoms with E-state index in [0.717, 1.165) is 16.8 Å².